The molecule has 0 amide bonds. The molecule has 0 atom stereocenters. The predicted molar refractivity (Wildman–Crippen MR) is 75.3 cm³/mol. The van der Waals surface area contributed by atoms with Gasteiger partial charge in [-0.1, -0.05) is 46.3 Å². The van der Waals surface area contributed by atoms with E-state index in [1.807, 2.05) is 18.2 Å². The maximum Gasteiger partial charge on any atom is 0.387 e. The minimum atomic E-state index is -2.95. The predicted octanol–water partition coefficient (Wildman–Crippen LogP) is 4.48. The van der Waals surface area contributed by atoms with Gasteiger partial charge in [-0.2, -0.15) is 8.78 Å². The van der Waals surface area contributed by atoms with Crippen molar-refractivity contribution in [1.82, 2.24) is 0 Å². The number of ketones is 1. The average molecular weight is 341 g/mol. The van der Waals surface area contributed by atoms with E-state index in [1.165, 1.54) is 12.1 Å². The molecule has 0 unspecified atom stereocenters. The monoisotopic (exact) mass is 340 g/mol. The van der Waals surface area contributed by atoms with Crippen molar-refractivity contribution < 1.29 is 18.3 Å². The van der Waals surface area contributed by atoms with E-state index >= 15 is 0 Å². The van der Waals surface area contributed by atoms with Crippen LogP contribution in [0.25, 0.3) is 0 Å². The van der Waals surface area contributed by atoms with Gasteiger partial charge in [-0.05, 0) is 23.8 Å². The van der Waals surface area contributed by atoms with Crippen molar-refractivity contribution in [1.29, 1.82) is 0 Å². The van der Waals surface area contributed by atoms with Gasteiger partial charge < -0.3 is 4.74 Å². The number of carbonyl (C=O) groups excluding carboxylic acids is 1. The molecular weight excluding hydrogens is 330 g/mol. The summed E-state index contributed by atoms with van der Waals surface area (Å²) in [7, 11) is 0. The van der Waals surface area contributed by atoms with E-state index in [0.29, 0.717) is 0 Å². The standard InChI is InChI=1S/C15H11BrF2O2/c16-12-7-3-1-5-10(12)9-13(19)11-6-2-4-8-14(11)20-15(17)18/h1-8,15H,9H2. The van der Waals surface area contributed by atoms with Crippen LogP contribution in [-0.4, -0.2) is 12.4 Å². The highest BCUT2D eigenvalue weighted by molar-refractivity contribution is 9.10. The highest BCUT2D eigenvalue weighted by Gasteiger charge is 2.16. The molecule has 2 nitrogen and oxygen atoms in total. The number of para-hydroxylation sites is 1. The largest absolute Gasteiger partial charge is 0.434 e. The molecule has 0 aliphatic heterocycles. The van der Waals surface area contributed by atoms with Crippen LogP contribution in [0.2, 0.25) is 0 Å². The Bertz CT molecular complexity index is 614. The van der Waals surface area contributed by atoms with Crippen LogP contribution >= 0.6 is 15.9 Å². The molecule has 0 heterocycles. The highest BCUT2D eigenvalue weighted by atomic mass is 79.9. The fraction of sp³-hybridized carbons (Fsp3) is 0.133. The number of carbonyl (C=O) groups is 1. The number of hydrogen-bond donors (Lipinski definition) is 0. The fourth-order valence-corrected chi connectivity index (χ4v) is 2.23. The van der Waals surface area contributed by atoms with E-state index in [9.17, 15) is 13.6 Å². The van der Waals surface area contributed by atoms with Crippen molar-refractivity contribution >= 4 is 21.7 Å². The van der Waals surface area contributed by atoms with Gasteiger partial charge in [0.2, 0.25) is 0 Å². The Hall–Kier alpha value is -1.75. The number of halogens is 3. The van der Waals surface area contributed by atoms with Crippen LogP contribution in [-0.2, 0) is 6.42 Å². The lowest BCUT2D eigenvalue weighted by Gasteiger charge is -2.10. The van der Waals surface area contributed by atoms with Crippen LogP contribution in [0.3, 0.4) is 0 Å². The summed E-state index contributed by atoms with van der Waals surface area (Å²) in [6, 6.07) is 13.3. The van der Waals surface area contributed by atoms with Gasteiger partial charge in [0.25, 0.3) is 0 Å². The summed E-state index contributed by atoms with van der Waals surface area (Å²) in [5, 5.41) is 0. The molecular formula is C15H11BrF2O2. The second-order valence-corrected chi connectivity index (χ2v) is 4.92. The first-order valence-corrected chi connectivity index (χ1v) is 6.67. The second kappa shape index (κ2) is 6.61. The zero-order valence-corrected chi connectivity index (χ0v) is 11.9. The number of benzene rings is 2. The van der Waals surface area contributed by atoms with Crippen molar-refractivity contribution in [2.45, 2.75) is 13.0 Å². The zero-order chi connectivity index (χ0) is 14.5. The molecule has 0 fully saturated rings. The van der Waals surface area contributed by atoms with Crippen LogP contribution in [0.1, 0.15) is 15.9 Å². The zero-order valence-electron chi connectivity index (χ0n) is 10.4. The number of ether oxygens (including phenoxy) is 1. The van der Waals surface area contributed by atoms with Gasteiger partial charge >= 0.3 is 6.61 Å². The lowest BCUT2D eigenvalue weighted by molar-refractivity contribution is -0.0501. The lowest BCUT2D eigenvalue weighted by Crippen LogP contribution is -2.10. The molecule has 104 valence electrons. The molecule has 0 aromatic heterocycles. The Kier molecular flexibility index (Phi) is 4.84. The summed E-state index contributed by atoms with van der Waals surface area (Å²) in [5.41, 5.74) is 0.952. The van der Waals surface area contributed by atoms with Crippen LogP contribution in [0.5, 0.6) is 5.75 Å². The molecule has 0 spiro atoms. The molecule has 0 saturated carbocycles. The summed E-state index contributed by atoms with van der Waals surface area (Å²) in [6.07, 6.45) is 0.116. The van der Waals surface area contributed by atoms with Gasteiger partial charge in [0.1, 0.15) is 5.75 Å². The topological polar surface area (TPSA) is 26.3 Å². The van der Waals surface area contributed by atoms with Crippen LogP contribution < -0.4 is 4.74 Å². The Balaban J connectivity index is 2.23. The van der Waals surface area contributed by atoms with E-state index in [0.717, 1.165) is 10.0 Å². The number of Topliss-reactive ketones (excluding diaryl/α,β-unsaturated/α-hetero) is 1. The maximum absolute atomic E-state index is 12.3. The van der Waals surface area contributed by atoms with Crippen molar-refractivity contribution in [2.75, 3.05) is 0 Å². The Morgan fingerprint density at radius 1 is 1.10 bits per heavy atom. The van der Waals surface area contributed by atoms with Gasteiger partial charge in [-0.3, -0.25) is 4.79 Å². The van der Waals surface area contributed by atoms with Gasteiger partial charge in [-0.15, -0.1) is 0 Å². The van der Waals surface area contributed by atoms with E-state index < -0.39 is 6.61 Å². The van der Waals surface area contributed by atoms with Gasteiger partial charge in [0.15, 0.2) is 5.78 Å². The lowest BCUT2D eigenvalue weighted by atomic mass is 10.0. The molecule has 2 rings (SSSR count). The summed E-state index contributed by atoms with van der Waals surface area (Å²) < 4.78 is 29.8. The van der Waals surface area contributed by atoms with E-state index in [1.54, 1.807) is 18.2 Å². The Morgan fingerprint density at radius 2 is 1.75 bits per heavy atom. The normalized spacial score (nSPS) is 10.6. The Morgan fingerprint density at radius 3 is 2.45 bits per heavy atom. The SMILES string of the molecule is O=C(Cc1ccccc1Br)c1ccccc1OC(F)F. The molecule has 20 heavy (non-hydrogen) atoms. The number of hydrogen-bond acceptors (Lipinski definition) is 2. The quantitative estimate of drug-likeness (QED) is 0.750. The summed E-state index contributed by atoms with van der Waals surface area (Å²) in [4.78, 5) is 12.2. The van der Waals surface area contributed by atoms with Crippen LogP contribution in [0, 0.1) is 0 Å². The fourth-order valence-electron chi connectivity index (χ4n) is 1.81. The molecule has 0 saturated heterocycles. The minimum absolute atomic E-state index is 0.0976. The van der Waals surface area contributed by atoms with Crippen LogP contribution in [0.15, 0.2) is 53.0 Å². The summed E-state index contributed by atoms with van der Waals surface area (Å²) >= 11 is 3.35. The summed E-state index contributed by atoms with van der Waals surface area (Å²) in [6.45, 7) is -2.95. The molecule has 0 aliphatic carbocycles. The third-order valence-corrected chi connectivity index (χ3v) is 3.49. The third-order valence-electron chi connectivity index (χ3n) is 2.71. The third kappa shape index (κ3) is 3.63. The van der Waals surface area contributed by atoms with Crippen molar-refractivity contribution in [2.24, 2.45) is 0 Å². The molecule has 2 aromatic carbocycles. The van der Waals surface area contributed by atoms with Gasteiger partial charge in [0.05, 0.1) is 5.56 Å². The molecule has 0 N–H and O–H groups in total. The van der Waals surface area contributed by atoms with Gasteiger partial charge in [0, 0.05) is 10.9 Å². The number of rotatable bonds is 5. The average Bonchev–Trinajstić information content (AvgIpc) is 2.41. The Labute approximate surface area is 123 Å². The first-order chi connectivity index (χ1) is 9.58. The second-order valence-electron chi connectivity index (χ2n) is 4.07. The molecule has 5 heteroatoms. The van der Waals surface area contributed by atoms with E-state index in [4.69, 9.17) is 0 Å². The molecule has 0 aliphatic rings. The van der Waals surface area contributed by atoms with Crippen molar-refractivity contribution in [3.63, 3.8) is 0 Å². The summed E-state index contributed by atoms with van der Waals surface area (Å²) in [5.74, 6) is -0.368. The number of alkyl halides is 2. The van der Waals surface area contributed by atoms with Crippen molar-refractivity contribution in [3.8, 4) is 5.75 Å². The molecule has 0 radical (unpaired) electrons. The molecule has 0 bridgehead atoms. The molecule has 2 aromatic rings. The first-order valence-electron chi connectivity index (χ1n) is 5.88. The van der Waals surface area contributed by atoms with Gasteiger partial charge in [-0.25, -0.2) is 0 Å². The van der Waals surface area contributed by atoms with Crippen LogP contribution in [0.4, 0.5) is 8.78 Å². The first kappa shape index (κ1) is 14.7. The minimum Gasteiger partial charge on any atom is -0.434 e. The van der Waals surface area contributed by atoms with E-state index in [-0.39, 0.29) is 23.5 Å². The van der Waals surface area contributed by atoms with E-state index in [2.05, 4.69) is 20.7 Å². The maximum atomic E-state index is 12.3. The van der Waals surface area contributed by atoms with Crippen molar-refractivity contribution in [3.05, 3.63) is 64.1 Å². The highest BCUT2D eigenvalue weighted by Crippen LogP contribution is 2.24. The smallest absolute Gasteiger partial charge is 0.387 e.